The van der Waals surface area contributed by atoms with E-state index in [4.69, 9.17) is 5.73 Å². The van der Waals surface area contributed by atoms with E-state index in [9.17, 15) is 0 Å². The highest BCUT2D eigenvalue weighted by atomic mass is 14.7. The lowest BCUT2D eigenvalue weighted by Gasteiger charge is -2.28. The largest absolute Gasteiger partial charge is 0.327 e. The second kappa shape index (κ2) is 3.09. The fraction of sp³-hybridized carbons (Fsp3) is 0.538. The van der Waals surface area contributed by atoms with Gasteiger partial charge in [0.2, 0.25) is 0 Å². The van der Waals surface area contributed by atoms with Crippen molar-refractivity contribution in [1.82, 2.24) is 0 Å². The fourth-order valence-corrected chi connectivity index (χ4v) is 3.51. The first-order valence-electron chi connectivity index (χ1n) is 5.67. The number of benzene rings is 1. The molecule has 2 aliphatic carbocycles. The van der Waals surface area contributed by atoms with Gasteiger partial charge in [-0.15, -0.1) is 0 Å². The Morgan fingerprint density at radius 2 is 1.71 bits per heavy atom. The van der Waals surface area contributed by atoms with Crippen LogP contribution in [0, 0.1) is 11.8 Å². The van der Waals surface area contributed by atoms with E-state index in [2.05, 4.69) is 30.3 Å². The standard InChI is InChI=1S/C13H17N/c14-13-11-7-6-10(8-11)12(13)9-4-2-1-3-5-9/h1-5,10-13H,6-8,14H2/t10-,11+,12-,13+/m0/s1. The van der Waals surface area contributed by atoms with Gasteiger partial charge >= 0.3 is 0 Å². The Bertz CT molecular complexity index is 317. The average Bonchev–Trinajstić information content (AvgIpc) is 2.79. The smallest absolute Gasteiger partial charge is 0.0139 e. The number of nitrogens with two attached hydrogens (primary N) is 1. The number of rotatable bonds is 1. The van der Waals surface area contributed by atoms with Crippen LogP contribution in [0.1, 0.15) is 30.7 Å². The third-order valence-electron chi connectivity index (χ3n) is 4.17. The third-order valence-corrected chi connectivity index (χ3v) is 4.17. The molecule has 0 amide bonds. The van der Waals surface area contributed by atoms with E-state index in [0.29, 0.717) is 12.0 Å². The molecule has 0 spiro atoms. The molecule has 0 aromatic heterocycles. The minimum Gasteiger partial charge on any atom is -0.327 e. The number of hydrogen-bond donors (Lipinski definition) is 1. The quantitative estimate of drug-likeness (QED) is 0.718. The summed E-state index contributed by atoms with van der Waals surface area (Å²) in [5, 5.41) is 0. The molecular formula is C13H17N. The van der Waals surface area contributed by atoms with Crippen LogP contribution in [-0.2, 0) is 0 Å². The van der Waals surface area contributed by atoms with Crippen LogP contribution in [0.15, 0.2) is 30.3 Å². The molecule has 0 heterocycles. The predicted molar refractivity (Wildman–Crippen MR) is 58.0 cm³/mol. The van der Waals surface area contributed by atoms with Crippen LogP contribution in [0.2, 0.25) is 0 Å². The van der Waals surface area contributed by atoms with Gasteiger partial charge in [-0.2, -0.15) is 0 Å². The van der Waals surface area contributed by atoms with E-state index >= 15 is 0 Å². The summed E-state index contributed by atoms with van der Waals surface area (Å²) in [6.07, 6.45) is 4.15. The first-order valence-corrected chi connectivity index (χ1v) is 5.67. The van der Waals surface area contributed by atoms with Crippen LogP contribution in [0.25, 0.3) is 0 Å². The molecule has 2 bridgehead atoms. The van der Waals surface area contributed by atoms with Crippen LogP contribution in [0.3, 0.4) is 0 Å². The van der Waals surface area contributed by atoms with E-state index < -0.39 is 0 Å². The Balaban J connectivity index is 1.93. The number of fused-ring (bicyclic) bond motifs is 2. The van der Waals surface area contributed by atoms with Gasteiger partial charge in [0, 0.05) is 12.0 Å². The molecule has 4 atom stereocenters. The van der Waals surface area contributed by atoms with E-state index in [1.807, 2.05) is 0 Å². The lowest BCUT2D eigenvalue weighted by atomic mass is 9.80. The molecule has 1 aromatic carbocycles. The molecule has 1 aromatic rings. The fourth-order valence-electron chi connectivity index (χ4n) is 3.51. The van der Waals surface area contributed by atoms with Crippen LogP contribution in [-0.4, -0.2) is 6.04 Å². The molecule has 0 saturated heterocycles. The van der Waals surface area contributed by atoms with Crippen molar-refractivity contribution in [2.75, 3.05) is 0 Å². The van der Waals surface area contributed by atoms with Crippen LogP contribution < -0.4 is 5.73 Å². The summed E-state index contributed by atoms with van der Waals surface area (Å²) < 4.78 is 0. The maximum absolute atomic E-state index is 6.30. The predicted octanol–water partition coefficient (Wildman–Crippen LogP) is 2.53. The van der Waals surface area contributed by atoms with Crippen molar-refractivity contribution < 1.29 is 0 Å². The molecule has 0 aliphatic heterocycles. The molecular weight excluding hydrogens is 170 g/mol. The molecule has 2 fully saturated rings. The van der Waals surface area contributed by atoms with Gasteiger partial charge < -0.3 is 5.73 Å². The molecule has 0 unspecified atom stereocenters. The lowest BCUT2D eigenvalue weighted by Crippen LogP contribution is -2.33. The number of hydrogen-bond acceptors (Lipinski definition) is 1. The van der Waals surface area contributed by atoms with Gasteiger partial charge in [0.25, 0.3) is 0 Å². The molecule has 1 heteroatoms. The first kappa shape index (κ1) is 8.49. The first-order chi connectivity index (χ1) is 6.86. The van der Waals surface area contributed by atoms with Crippen LogP contribution in [0.4, 0.5) is 0 Å². The molecule has 0 radical (unpaired) electrons. The average molecular weight is 187 g/mol. The maximum Gasteiger partial charge on any atom is 0.0139 e. The van der Waals surface area contributed by atoms with E-state index in [-0.39, 0.29) is 0 Å². The van der Waals surface area contributed by atoms with E-state index in [0.717, 1.165) is 11.8 Å². The van der Waals surface area contributed by atoms with Gasteiger partial charge in [-0.3, -0.25) is 0 Å². The van der Waals surface area contributed by atoms with Crippen molar-refractivity contribution in [3.63, 3.8) is 0 Å². The molecule has 2 N–H and O–H groups in total. The normalized spacial score (nSPS) is 40.4. The molecule has 1 nitrogen and oxygen atoms in total. The highest BCUT2D eigenvalue weighted by Crippen LogP contribution is 2.51. The minimum absolute atomic E-state index is 0.427. The van der Waals surface area contributed by atoms with Gasteiger partial charge in [0.15, 0.2) is 0 Å². The van der Waals surface area contributed by atoms with Crippen molar-refractivity contribution in [3.05, 3.63) is 35.9 Å². The summed E-state index contributed by atoms with van der Waals surface area (Å²) >= 11 is 0. The monoisotopic (exact) mass is 187 g/mol. The lowest BCUT2D eigenvalue weighted by molar-refractivity contribution is 0.366. The Kier molecular flexibility index (Phi) is 1.88. The Morgan fingerprint density at radius 1 is 1.00 bits per heavy atom. The summed E-state index contributed by atoms with van der Waals surface area (Å²) in [5.41, 5.74) is 7.76. The second-order valence-corrected chi connectivity index (χ2v) is 4.85. The zero-order chi connectivity index (χ0) is 9.54. The topological polar surface area (TPSA) is 26.0 Å². The molecule has 74 valence electrons. The van der Waals surface area contributed by atoms with Gasteiger partial charge in [-0.1, -0.05) is 30.3 Å². The van der Waals surface area contributed by atoms with E-state index in [1.54, 1.807) is 0 Å². The van der Waals surface area contributed by atoms with Crippen LogP contribution in [0.5, 0.6) is 0 Å². The Labute approximate surface area is 85.3 Å². The molecule has 2 aliphatic rings. The van der Waals surface area contributed by atoms with Crippen molar-refractivity contribution in [1.29, 1.82) is 0 Å². The molecule has 14 heavy (non-hydrogen) atoms. The summed E-state index contributed by atoms with van der Waals surface area (Å²) in [5.74, 6) is 2.33. The highest BCUT2D eigenvalue weighted by molar-refractivity contribution is 5.25. The maximum atomic E-state index is 6.30. The van der Waals surface area contributed by atoms with Crippen molar-refractivity contribution in [3.8, 4) is 0 Å². The van der Waals surface area contributed by atoms with Gasteiger partial charge in [0.1, 0.15) is 0 Å². The summed E-state index contributed by atoms with van der Waals surface area (Å²) in [6.45, 7) is 0. The Morgan fingerprint density at radius 3 is 2.36 bits per heavy atom. The zero-order valence-electron chi connectivity index (χ0n) is 8.39. The summed E-state index contributed by atoms with van der Waals surface area (Å²) in [7, 11) is 0. The van der Waals surface area contributed by atoms with Gasteiger partial charge in [-0.05, 0) is 36.7 Å². The highest BCUT2D eigenvalue weighted by Gasteiger charge is 2.46. The molecule has 3 rings (SSSR count). The summed E-state index contributed by atoms with van der Waals surface area (Å²) in [6, 6.07) is 11.3. The van der Waals surface area contributed by atoms with Crippen LogP contribution >= 0.6 is 0 Å². The second-order valence-electron chi connectivity index (χ2n) is 4.85. The SMILES string of the molecule is N[C@@H]1[C@@H]2CC[C@@H](C2)[C@@H]1c1ccccc1. The van der Waals surface area contributed by atoms with Crippen molar-refractivity contribution >= 4 is 0 Å². The van der Waals surface area contributed by atoms with Crippen molar-refractivity contribution in [2.45, 2.75) is 31.2 Å². The zero-order valence-corrected chi connectivity index (χ0v) is 8.39. The van der Waals surface area contributed by atoms with E-state index in [1.165, 1.54) is 24.8 Å². The minimum atomic E-state index is 0.427. The summed E-state index contributed by atoms with van der Waals surface area (Å²) in [4.78, 5) is 0. The Hall–Kier alpha value is -0.820. The third kappa shape index (κ3) is 1.12. The van der Waals surface area contributed by atoms with Gasteiger partial charge in [-0.25, -0.2) is 0 Å². The van der Waals surface area contributed by atoms with Gasteiger partial charge in [0.05, 0.1) is 0 Å². The van der Waals surface area contributed by atoms with Crippen molar-refractivity contribution in [2.24, 2.45) is 17.6 Å². The molecule has 2 saturated carbocycles.